The largest absolute Gasteiger partial charge is 0.569 e. The SMILES string of the molecule is CCCCCCCCOc1ccc([N-]S(=O)(=O)C(F)(F)F)c(C(F)(F)F)c1. The molecule has 0 fully saturated rings. The Kier molecular flexibility index (Phi) is 8.24. The summed E-state index contributed by atoms with van der Waals surface area (Å²) in [5.41, 5.74) is -8.74. The van der Waals surface area contributed by atoms with Gasteiger partial charge in [0.2, 0.25) is 0 Å². The van der Waals surface area contributed by atoms with Gasteiger partial charge in [0.05, 0.1) is 6.61 Å². The van der Waals surface area contributed by atoms with Crippen molar-refractivity contribution in [1.29, 1.82) is 0 Å². The van der Waals surface area contributed by atoms with Gasteiger partial charge in [0.25, 0.3) is 0 Å². The normalized spacial score (nSPS) is 12.9. The molecule has 0 aliphatic heterocycles. The topological polar surface area (TPSA) is 57.5 Å². The number of hydrogen-bond acceptors (Lipinski definition) is 3. The van der Waals surface area contributed by atoms with Crippen LogP contribution in [-0.2, 0) is 16.2 Å². The minimum atomic E-state index is -6.09. The minimum absolute atomic E-state index is 0.140. The van der Waals surface area contributed by atoms with Crippen molar-refractivity contribution in [3.05, 3.63) is 28.5 Å². The lowest BCUT2D eigenvalue weighted by Gasteiger charge is -2.27. The first-order valence-electron chi connectivity index (χ1n) is 8.27. The Morgan fingerprint density at radius 2 is 1.56 bits per heavy atom. The van der Waals surface area contributed by atoms with Crippen LogP contribution in [0.25, 0.3) is 4.72 Å². The average Bonchev–Trinajstić information content (AvgIpc) is 2.53. The molecule has 0 spiro atoms. The number of unbranched alkanes of at least 4 members (excludes halogenated alkanes) is 5. The Bertz CT molecular complexity index is 701. The Balaban J connectivity index is 2.83. The van der Waals surface area contributed by atoms with E-state index in [1.54, 1.807) is 0 Å². The van der Waals surface area contributed by atoms with Crippen LogP contribution in [0.4, 0.5) is 32.0 Å². The molecule has 0 radical (unpaired) electrons. The Labute approximate surface area is 153 Å². The molecule has 0 heterocycles. The van der Waals surface area contributed by atoms with Gasteiger partial charge in [0.15, 0.2) is 10.0 Å². The van der Waals surface area contributed by atoms with Crippen molar-refractivity contribution in [3.8, 4) is 5.75 Å². The maximum Gasteiger partial charge on any atom is 0.483 e. The van der Waals surface area contributed by atoms with Gasteiger partial charge >= 0.3 is 11.7 Å². The van der Waals surface area contributed by atoms with Crippen molar-refractivity contribution in [3.63, 3.8) is 0 Å². The molecule has 0 aliphatic rings. The van der Waals surface area contributed by atoms with Crippen molar-refractivity contribution in [2.24, 2.45) is 0 Å². The van der Waals surface area contributed by atoms with E-state index in [-0.39, 0.29) is 12.4 Å². The summed E-state index contributed by atoms with van der Waals surface area (Å²) < 4.78 is 106. The Morgan fingerprint density at radius 3 is 2.11 bits per heavy atom. The van der Waals surface area contributed by atoms with E-state index in [1.165, 1.54) is 0 Å². The monoisotopic (exact) mass is 420 g/mol. The van der Waals surface area contributed by atoms with E-state index in [0.717, 1.165) is 38.2 Å². The quantitative estimate of drug-likeness (QED) is 0.330. The number of benzene rings is 1. The van der Waals surface area contributed by atoms with E-state index in [9.17, 15) is 34.8 Å². The fraction of sp³-hybridized carbons (Fsp3) is 0.625. The smallest absolute Gasteiger partial charge is 0.483 e. The van der Waals surface area contributed by atoms with Crippen LogP contribution in [0.2, 0.25) is 0 Å². The lowest BCUT2D eigenvalue weighted by Crippen LogP contribution is -2.21. The summed E-state index contributed by atoms with van der Waals surface area (Å²) in [5.74, 6) is -0.223. The number of halogens is 6. The molecule has 4 nitrogen and oxygen atoms in total. The molecule has 11 heteroatoms. The predicted octanol–water partition coefficient (Wildman–Crippen LogP) is 6.30. The summed E-state index contributed by atoms with van der Waals surface area (Å²) in [6, 6.07) is 1.95. The van der Waals surface area contributed by atoms with E-state index in [2.05, 4.69) is 11.6 Å². The Morgan fingerprint density at radius 1 is 0.963 bits per heavy atom. The van der Waals surface area contributed by atoms with Crippen molar-refractivity contribution in [1.82, 2.24) is 0 Å². The number of hydrogen-bond donors (Lipinski definition) is 0. The Hall–Kier alpha value is -1.65. The lowest BCUT2D eigenvalue weighted by molar-refractivity contribution is -0.137. The van der Waals surface area contributed by atoms with Gasteiger partial charge in [-0.3, -0.25) is 0 Å². The van der Waals surface area contributed by atoms with E-state index in [0.29, 0.717) is 18.6 Å². The van der Waals surface area contributed by atoms with Gasteiger partial charge in [-0.05, 0) is 18.6 Å². The van der Waals surface area contributed by atoms with E-state index < -0.39 is 33.0 Å². The summed E-state index contributed by atoms with van der Waals surface area (Å²) in [6.45, 7) is 2.21. The third kappa shape index (κ3) is 7.47. The first-order valence-corrected chi connectivity index (χ1v) is 9.71. The second-order valence-corrected chi connectivity index (χ2v) is 7.40. The maximum atomic E-state index is 13.1. The molecule has 0 amide bonds. The van der Waals surface area contributed by atoms with Crippen molar-refractivity contribution < 1.29 is 39.5 Å². The fourth-order valence-corrected chi connectivity index (χ4v) is 2.69. The molecular formula is C16H20F6NO3S-. The zero-order valence-corrected chi connectivity index (χ0v) is 15.3. The first-order chi connectivity index (χ1) is 12.4. The minimum Gasteiger partial charge on any atom is -0.569 e. The molecule has 27 heavy (non-hydrogen) atoms. The summed E-state index contributed by atoms with van der Waals surface area (Å²) in [7, 11) is -6.09. The van der Waals surface area contributed by atoms with Crippen LogP contribution in [0.5, 0.6) is 5.75 Å². The molecule has 156 valence electrons. The van der Waals surface area contributed by atoms with Gasteiger partial charge in [-0.1, -0.05) is 45.1 Å². The van der Waals surface area contributed by atoms with Gasteiger partial charge in [0, 0.05) is 5.56 Å². The molecule has 1 rings (SSSR count). The number of ether oxygens (including phenoxy) is 1. The molecule has 0 N–H and O–H groups in total. The maximum absolute atomic E-state index is 13.1. The van der Waals surface area contributed by atoms with E-state index in [1.807, 2.05) is 0 Å². The second kappa shape index (κ2) is 9.52. The first kappa shape index (κ1) is 23.4. The highest BCUT2D eigenvalue weighted by molar-refractivity contribution is 7.95. The molecule has 0 bridgehead atoms. The third-order valence-corrected chi connectivity index (χ3v) is 4.57. The third-order valence-electron chi connectivity index (χ3n) is 3.55. The predicted molar refractivity (Wildman–Crippen MR) is 88.3 cm³/mol. The highest BCUT2D eigenvalue weighted by Gasteiger charge is 2.40. The van der Waals surface area contributed by atoms with Gasteiger partial charge in [-0.15, -0.1) is 5.69 Å². The van der Waals surface area contributed by atoms with Crippen LogP contribution in [0.3, 0.4) is 0 Å². The molecular weight excluding hydrogens is 400 g/mol. The molecule has 0 saturated heterocycles. The van der Waals surface area contributed by atoms with Crippen LogP contribution in [-0.4, -0.2) is 20.5 Å². The van der Waals surface area contributed by atoms with Crippen molar-refractivity contribution in [2.45, 2.75) is 57.1 Å². The van der Waals surface area contributed by atoms with Gasteiger partial charge < -0.3 is 9.46 Å². The number of rotatable bonds is 10. The summed E-state index contributed by atoms with van der Waals surface area (Å²) in [5, 5.41) is 0. The van der Waals surface area contributed by atoms with Crippen LogP contribution >= 0.6 is 0 Å². The van der Waals surface area contributed by atoms with Gasteiger partial charge in [0.1, 0.15) is 5.75 Å². The zero-order chi connectivity index (χ0) is 20.7. The van der Waals surface area contributed by atoms with Crippen molar-refractivity contribution >= 4 is 15.7 Å². The second-order valence-electron chi connectivity index (χ2n) is 5.81. The lowest BCUT2D eigenvalue weighted by atomic mass is 10.1. The number of alkyl halides is 6. The molecule has 0 unspecified atom stereocenters. The standard InChI is InChI=1S/C16H20F6NO3S/c1-2-3-4-5-6-7-10-26-12-8-9-14(13(11-12)15(17,18)19)23-27(24,25)16(20,21)22/h8-9,11H,2-7,10H2,1H3/q-1. The zero-order valence-electron chi connectivity index (χ0n) is 14.5. The average molecular weight is 420 g/mol. The highest BCUT2D eigenvalue weighted by Crippen LogP contribution is 2.43. The molecule has 0 aliphatic carbocycles. The number of sulfonamides is 1. The molecule has 1 aromatic carbocycles. The summed E-state index contributed by atoms with van der Waals surface area (Å²) in [6.07, 6.45) is 0.555. The van der Waals surface area contributed by atoms with E-state index in [4.69, 9.17) is 4.74 Å². The molecule has 0 saturated carbocycles. The highest BCUT2D eigenvalue weighted by atomic mass is 32.2. The van der Waals surface area contributed by atoms with Crippen LogP contribution in [0.15, 0.2) is 18.2 Å². The van der Waals surface area contributed by atoms with E-state index >= 15 is 0 Å². The van der Waals surface area contributed by atoms with Gasteiger partial charge in [-0.25, -0.2) is 8.42 Å². The molecule has 1 aromatic rings. The van der Waals surface area contributed by atoms with Crippen LogP contribution < -0.4 is 4.74 Å². The van der Waals surface area contributed by atoms with Gasteiger partial charge in [-0.2, -0.15) is 26.3 Å². The molecule has 0 atom stereocenters. The van der Waals surface area contributed by atoms with Crippen LogP contribution in [0, 0.1) is 0 Å². The fourth-order valence-electron chi connectivity index (χ4n) is 2.17. The summed E-state index contributed by atoms with van der Waals surface area (Å²) >= 11 is 0. The van der Waals surface area contributed by atoms with Crippen LogP contribution in [0.1, 0.15) is 51.0 Å². The van der Waals surface area contributed by atoms with Crippen molar-refractivity contribution in [2.75, 3.05) is 6.61 Å². The summed E-state index contributed by atoms with van der Waals surface area (Å²) in [4.78, 5) is 0. The number of nitrogens with zero attached hydrogens (tertiary/aromatic N) is 1. The molecule has 0 aromatic heterocycles.